The molecule has 3 aliphatic rings. The van der Waals surface area contributed by atoms with E-state index in [0.29, 0.717) is 19.8 Å². The molecule has 0 N–H and O–H groups in total. The summed E-state index contributed by atoms with van der Waals surface area (Å²) in [6.45, 7) is 5.63. The van der Waals surface area contributed by atoms with Crippen LogP contribution in [0.15, 0.2) is 60.2 Å². The van der Waals surface area contributed by atoms with Crippen LogP contribution in [0.5, 0.6) is 0 Å². The van der Waals surface area contributed by atoms with Gasteiger partial charge in [0.15, 0.2) is 6.29 Å². The summed E-state index contributed by atoms with van der Waals surface area (Å²) in [6, 6.07) is 17.2. The van der Waals surface area contributed by atoms with Crippen molar-refractivity contribution in [2.24, 2.45) is 0 Å². The number of ether oxygens (including phenoxy) is 3. The Morgan fingerprint density at radius 3 is 2.24 bits per heavy atom. The Balaban J connectivity index is 1.28. The van der Waals surface area contributed by atoms with Crippen LogP contribution in [-0.4, -0.2) is 49.2 Å². The summed E-state index contributed by atoms with van der Waals surface area (Å²) in [5.41, 5.74) is 6.33. The number of carbonyl (C=O) groups is 1. The molecule has 1 aliphatic carbocycles. The molecule has 2 bridgehead atoms. The lowest BCUT2D eigenvalue weighted by Crippen LogP contribution is -2.52. The Labute approximate surface area is 202 Å². The Morgan fingerprint density at radius 1 is 0.971 bits per heavy atom. The number of piperidine rings is 1. The molecule has 5 rings (SSSR count). The van der Waals surface area contributed by atoms with Gasteiger partial charge in [0, 0.05) is 31.6 Å². The lowest BCUT2D eigenvalue weighted by molar-refractivity contribution is -0.135. The smallest absolute Gasteiger partial charge is 0.410 e. The molecule has 0 spiro atoms. The number of benzene rings is 2. The van der Waals surface area contributed by atoms with Gasteiger partial charge in [-0.1, -0.05) is 60.2 Å². The van der Waals surface area contributed by atoms with E-state index >= 15 is 0 Å². The lowest BCUT2D eigenvalue weighted by atomic mass is 9.84. The zero-order valence-corrected chi connectivity index (χ0v) is 20.2. The van der Waals surface area contributed by atoms with Crippen LogP contribution in [-0.2, 0) is 14.2 Å². The molecule has 0 radical (unpaired) electrons. The average Bonchev–Trinajstić information content (AvgIpc) is 3.16. The van der Waals surface area contributed by atoms with Crippen molar-refractivity contribution in [3.8, 4) is 11.1 Å². The molecule has 1 saturated heterocycles. The van der Waals surface area contributed by atoms with Crippen molar-refractivity contribution >= 4 is 6.09 Å². The van der Waals surface area contributed by atoms with Gasteiger partial charge in [0.25, 0.3) is 0 Å². The summed E-state index contributed by atoms with van der Waals surface area (Å²) in [5.74, 6) is 0.0882. The minimum absolute atomic E-state index is 0.0882. The maximum Gasteiger partial charge on any atom is 0.410 e. The van der Waals surface area contributed by atoms with Gasteiger partial charge in [-0.05, 0) is 61.8 Å². The summed E-state index contributed by atoms with van der Waals surface area (Å²) >= 11 is 0. The molecule has 2 atom stereocenters. The molecular weight excluding hydrogens is 426 g/mol. The highest BCUT2D eigenvalue weighted by molar-refractivity contribution is 5.79. The van der Waals surface area contributed by atoms with Gasteiger partial charge in [-0.2, -0.15) is 0 Å². The van der Waals surface area contributed by atoms with Crippen molar-refractivity contribution in [2.75, 3.05) is 19.8 Å². The molecule has 2 aromatic rings. The minimum atomic E-state index is -0.206. The third-order valence-corrected chi connectivity index (χ3v) is 7.39. The average molecular weight is 462 g/mol. The van der Waals surface area contributed by atoms with Crippen molar-refractivity contribution in [1.82, 2.24) is 4.90 Å². The second kappa shape index (κ2) is 10.3. The van der Waals surface area contributed by atoms with E-state index in [0.717, 1.165) is 32.1 Å². The zero-order chi connectivity index (χ0) is 23.5. The Morgan fingerprint density at radius 2 is 1.62 bits per heavy atom. The van der Waals surface area contributed by atoms with Gasteiger partial charge >= 0.3 is 6.09 Å². The SMILES string of the molecule is CCOC(CC1=CC2CCCC(C1)N2C(=O)OCC1c2ccccc2-c2ccccc21)OCC. The molecular formula is C29H35NO4. The predicted octanol–water partition coefficient (Wildman–Crippen LogP) is 6.28. The Hall–Kier alpha value is -2.63. The molecule has 180 valence electrons. The number of rotatable bonds is 8. The maximum atomic E-state index is 13.4. The summed E-state index contributed by atoms with van der Waals surface area (Å²) < 4.78 is 17.5. The first kappa shape index (κ1) is 23.1. The quantitative estimate of drug-likeness (QED) is 0.343. The fraction of sp³-hybridized carbons (Fsp3) is 0.483. The standard InChI is InChI=1S/C29H35NO4/c1-3-32-28(33-4-2)18-20-16-21-10-9-11-22(17-20)30(21)29(31)34-19-27-25-14-7-5-12-23(25)24-13-6-8-15-26(24)27/h5-8,12-16,21-22,27-28H,3-4,9-11,17-19H2,1-2H3. The van der Waals surface area contributed by atoms with E-state index in [1.807, 2.05) is 18.7 Å². The van der Waals surface area contributed by atoms with E-state index in [4.69, 9.17) is 14.2 Å². The molecule has 5 heteroatoms. The van der Waals surface area contributed by atoms with Crippen molar-refractivity contribution in [3.05, 3.63) is 71.3 Å². The first-order chi connectivity index (χ1) is 16.7. The van der Waals surface area contributed by atoms with Gasteiger partial charge in [0.05, 0.1) is 6.04 Å². The summed E-state index contributed by atoms with van der Waals surface area (Å²) in [7, 11) is 0. The van der Waals surface area contributed by atoms with Crippen LogP contribution in [0.25, 0.3) is 11.1 Å². The largest absolute Gasteiger partial charge is 0.448 e. The van der Waals surface area contributed by atoms with Crippen LogP contribution in [0.2, 0.25) is 0 Å². The monoisotopic (exact) mass is 461 g/mol. The normalized spacial score (nSPS) is 21.3. The van der Waals surface area contributed by atoms with Crippen LogP contribution in [0.3, 0.4) is 0 Å². The predicted molar refractivity (Wildman–Crippen MR) is 133 cm³/mol. The first-order valence-electron chi connectivity index (χ1n) is 12.8. The van der Waals surface area contributed by atoms with E-state index in [-0.39, 0.29) is 30.4 Å². The molecule has 2 heterocycles. The molecule has 5 nitrogen and oxygen atoms in total. The highest BCUT2D eigenvalue weighted by Gasteiger charge is 2.39. The third kappa shape index (κ3) is 4.51. The Kier molecular flexibility index (Phi) is 7.02. The summed E-state index contributed by atoms with van der Waals surface area (Å²) in [4.78, 5) is 15.3. The number of hydrogen-bond donors (Lipinski definition) is 0. The number of fused-ring (bicyclic) bond motifs is 5. The van der Waals surface area contributed by atoms with Crippen molar-refractivity contribution in [1.29, 1.82) is 0 Å². The van der Waals surface area contributed by atoms with Crippen LogP contribution in [0, 0.1) is 0 Å². The lowest BCUT2D eigenvalue weighted by Gasteiger charge is -2.44. The van der Waals surface area contributed by atoms with Crippen molar-refractivity contribution in [2.45, 2.75) is 70.2 Å². The van der Waals surface area contributed by atoms with E-state index in [9.17, 15) is 4.79 Å². The number of nitrogens with zero attached hydrogens (tertiary/aromatic N) is 1. The van der Waals surface area contributed by atoms with Crippen LogP contribution in [0.4, 0.5) is 4.79 Å². The van der Waals surface area contributed by atoms with Crippen molar-refractivity contribution < 1.29 is 19.0 Å². The Bertz CT molecular complexity index is 996. The molecule has 0 saturated carbocycles. The highest BCUT2D eigenvalue weighted by atomic mass is 16.7. The number of carbonyl (C=O) groups excluding carboxylic acids is 1. The van der Waals surface area contributed by atoms with Gasteiger partial charge in [0.1, 0.15) is 6.61 Å². The van der Waals surface area contributed by atoms with Crippen molar-refractivity contribution in [3.63, 3.8) is 0 Å². The zero-order valence-electron chi connectivity index (χ0n) is 20.2. The molecule has 2 unspecified atom stereocenters. The number of hydrogen-bond acceptors (Lipinski definition) is 4. The fourth-order valence-corrected chi connectivity index (χ4v) is 5.97. The molecule has 1 amide bonds. The minimum Gasteiger partial charge on any atom is -0.448 e. The van der Waals surface area contributed by atoms with E-state index < -0.39 is 0 Å². The number of amides is 1. The van der Waals surface area contributed by atoms with Gasteiger partial charge < -0.3 is 14.2 Å². The highest BCUT2D eigenvalue weighted by Crippen LogP contribution is 2.45. The maximum absolute atomic E-state index is 13.4. The molecule has 34 heavy (non-hydrogen) atoms. The van der Waals surface area contributed by atoms with E-state index in [2.05, 4.69) is 54.6 Å². The van der Waals surface area contributed by atoms with Crippen LogP contribution >= 0.6 is 0 Å². The molecule has 2 aliphatic heterocycles. The second-order valence-electron chi connectivity index (χ2n) is 9.44. The first-order valence-corrected chi connectivity index (χ1v) is 12.8. The third-order valence-electron chi connectivity index (χ3n) is 7.39. The van der Waals surface area contributed by atoms with Gasteiger partial charge in [-0.25, -0.2) is 4.79 Å². The van der Waals surface area contributed by atoms with Gasteiger partial charge in [-0.15, -0.1) is 0 Å². The van der Waals surface area contributed by atoms with E-state index in [1.54, 1.807) is 0 Å². The summed E-state index contributed by atoms with van der Waals surface area (Å²) in [5, 5.41) is 0. The second-order valence-corrected chi connectivity index (χ2v) is 9.44. The summed E-state index contributed by atoms with van der Waals surface area (Å²) in [6.07, 6.45) is 6.67. The molecule has 2 aromatic carbocycles. The molecule has 0 aromatic heterocycles. The van der Waals surface area contributed by atoms with Gasteiger partial charge in [-0.3, -0.25) is 4.90 Å². The fourth-order valence-electron chi connectivity index (χ4n) is 5.97. The van der Waals surface area contributed by atoms with Crippen LogP contribution in [0.1, 0.15) is 63.0 Å². The van der Waals surface area contributed by atoms with Crippen LogP contribution < -0.4 is 0 Å². The van der Waals surface area contributed by atoms with E-state index in [1.165, 1.54) is 27.8 Å². The van der Waals surface area contributed by atoms with Gasteiger partial charge in [0.2, 0.25) is 0 Å². The molecule has 1 fully saturated rings. The topological polar surface area (TPSA) is 48.0 Å².